The van der Waals surface area contributed by atoms with Crippen LogP contribution in [-0.4, -0.2) is 35.4 Å². The van der Waals surface area contributed by atoms with Crippen LogP contribution in [0.1, 0.15) is 55.7 Å². The van der Waals surface area contributed by atoms with Gasteiger partial charge in [0, 0.05) is 12.6 Å². The molecular formula is C26H34N2O3. The predicted molar refractivity (Wildman–Crippen MR) is 123 cm³/mol. The number of rotatable bonds is 8. The van der Waals surface area contributed by atoms with Crippen LogP contribution in [0.2, 0.25) is 0 Å². The molecule has 0 bridgehead atoms. The van der Waals surface area contributed by atoms with Gasteiger partial charge in [-0.2, -0.15) is 0 Å². The van der Waals surface area contributed by atoms with Crippen molar-refractivity contribution in [2.24, 2.45) is 0 Å². The highest BCUT2D eigenvalue weighted by atomic mass is 16.5. The Hall–Kier alpha value is -2.82. The minimum Gasteiger partial charge on any atom is -0.483 e. The van der Waals surface area contributed by atoms with Gasteiger partial charge in [0.05, 0.1) is 0 Å². The Balaban J connectivity index is 1.69. The van der Waals surface area contributed by atoms with E-state index >= 15 is 0 Å². The van der Waals surface area contributed by atoms with Gasteiger partial charge in [-0.1, -0.05) is 67.3 Å². The molecule has 166 valence electrons. The number of benzene rings is 2. The highest BCUT2D eigenvalue weighted by Crippen LogP contribution is 2.20. The molecule has 1 atom stereocenters. The third kappa shape index (κ3) is 6.58. The van der Waals surface area contributed by atoms with E-state index in [1.165, 1.54) is 6.42 Å². The van der Waals surface area contributed by atoms with E-state index in [4.69, 9.17) is 4.74 Å². The van der Waals surface area contributed by atoms with E-state index in [2.05, 4.69) is 5.32 Å². The van der Waals surface area contributed by atoms with Crippen molar-refractivity contribution in [3.05, 3.63) is 65.2 Å². The first-order chi connectivity index (χ1) is 14.9. The molecule has 1 saturated carbocycles. The number of aryl methyl sites for hydroxylation is 2. The predicted octanol–water partition coefficient (Wildman–Crippen LogP) is 4.55. The van der Waals surface area contributed by atoms with Gasteiger partial charge < -0.3 is 15.0 Å². The average molecular weight is 423 g/mol. The minimum atomic E-state index is -0.572. The van der Waals surface area contributed by atoms with Gasteiger partial charge in [0.1, 0.15) is 11.8 Å². The van der Waals surface area contributed by atoms with E-state index in [0.29, 0.717) is 12.3 Å². The highest BCUT2D eigenvalue weighted by molar-refractivity contribution is 5.88. The lowest BCUT2D eigenvalue weighted by Gasteiger charge is -2.31. The molecule has 3 rings (SSSR count). The number of nitrogens with zero attached hydrogens (tertiary/aromatic N) is 1. The highest BCUT2D eigenvalue weighted by Gasteiger charge is 2.28. The number of hydrogen-bond donors (Lipinski definition) is 1. The van der Waals surface area contributed by atoms with Gasteiger partial charge in [0.15, 0.2) is 6.61 Å². The van der Waals surface area contributed by atoms with E-state index in [9.17, 15) is 9.59 Å². The summed E-state index contributed by atoms with van der Waals surface area (Å²) in [5.41, 5.74) is 3.13. The van der Waals surface area contributed by atoms with Crippen LogP contribution in [0, 0.1) is 13.8 Å². The molecule has 0 unspecified atom stereocenters. The van der Waals surface area contributed by atoms with Gasteiger partial charge in [0.25, 0.3) is 5.91 Å². The van der Waals surface area contributed by atoms with Crippen LogP contribution in [0.3, 0.4) is 0 Å². The molecule has 1 aliphatic carbocycles. The van der Waals surface area contributed by atoms with Gasteiger partial charge in [-0.15, -0.1) is 0 Å². The van der Waals surface area contributed by atoms with Crippen LogP contribution in [-0.2, 0) is 16.1 Å². The first-order valence-corrected chi connectivity index (χ1v) is 11.3. The van der Waals surface area contributed by atoms with E-state index in [1.54, 1.807) is 11.8 Å². The van der Waals surface area contributed by atoms with Crippen molar-refractivity contribution in [1.29, 1.82) is 0 Å². The molecular weight excluding hydrogens is 388 g/mol. The van der Waals surface area contributed by atoms with Crippen LogP contribution >= 0.6 is 0 Å². The molecule has 1 aliphatic rings. The maximum Gasteiger partial charge on any atom is 0.261 e. The normalized spacial score (nSPS) is 15.2. The van der Waals surface area contributed by atoms with Crippen LogP contribution in [0.25, 0.3) is 0 Å². The van der Waals surface area contributed by atoms with Crippen LogP contribution in [0.5, 0.6) is 5.75 Å². The number of nitrogens with one attached hydrogen (secondary N) is 1. The molecule has 2 aromatic rings. The summed E-state index contributed by atoms with van der Waals surface area (Å²) in [6.07, 6.45) is 5.56. The van der Waals surface area contributed by atoms with Crippen molar-refractivity contribution in [2.45, 2.75) is 71.5 Å². The number of hydrogen-bond acceptors (Lipinski definition) is 3. The molecule has 31 heavy (non-hydrogen) atoms. The molecule has 0 saturated heterocycles. The molecule has 1 N–H and O–H groups in total. The van der Waals surface area contributed by atoms with Gasteiger partial charge in [-0.3, -0.25) is 9.59 Å². The molecule has 0 aromatic heterocycles. The Kier molecular flexibility index (Phi) is 8.10. The maximum atomic E-state index is 13.2. The van der Waals surface area contributed by atoms with Gasteiger partial charge in [0.2, 0.25) is 5.91 Å². The summed E-state index contributed by atoms with van der Waals surface area (Å²) in [6.45, 7) is 6.06. The molecule has 0 spiro atoms. The first kappa shape index (κ1) is 22.9. The van der Waals surface area contributed by atoms with Crippen molar-refractivity contribution in [3.63, 3.8) is 0 Å². The summed E-state index contributed by atoms with van der Waals surface area (Å²) < 4.78 is 5.83. The average Bonchev–Trinajstić information content (AvgIpc) is 2.77. The van der Waals surface area contributed by atoms with Crippen LogP contribution in [0.15, 0.2) is 48.5 Å². The molecule has 0 heterocycles. The molecule has 1 fully saturated rings. The van der Waals surface area contributed by atoms with E-state index in [0.717, 1.165) is 42.4 Å². The molecule has 0 radical (unpaired) electrons. The third-order valence-electron chi connectivity index (χ3n) is 6.00. The van der Waals surface area contributed by atoms with Crippen molar-refractivity contribution >= 4 is 11.8 Å². The molecule has 2 aromatic carbocycles. The topological polar surface area (TPSA) is 58.6 Å². The van der Waals surface area contributed by atoms with Gasteiger partial charge in [-0.05, 0) is 50.8 Å². The Morgan fingerprint density at radius 1 is 1.06 bits per heavy atom. The Bertz CT molecular complexity index is 875. The largest absolute Gasteiger partial charge is 0.483 e. The summed E-state index contributed by atoms with van der Waals surface area (Å²) in [7, 11) is 0. The number of carbonyl (C=O) groups is 2. The smallest absolute Gasteiger partial charge is 0.261 e. The summed E-state index contributed by atoms with van der Waals surface area (Å²) >= 11 is 0. The third-order valence-corrected chi connectivity index (χ3v) is 6.00. The number of ether oxygens (including phenoxy) is 1. The number of carbonyl (C=O) groups excluding carboxylic acids is 2. The zero-order valence-electron chi connectivity index (χ0n) is 18.9. The summed E-state index contributed by atoms with van der Waals surface area (Å²) in [6, 6.07) is 15.3. The fraction of sp³-hybridized carbons (Fsp3) is 0.462. The monoisotopic (exact) mass is 422 g/mol. The lowest BCUT2D eigenvalue weighted by atomic mass is 9.95. The zero-order chi connectivity index (χ0) is 22.2. The maximum absolute atomic E-state index is 13.2. The zero-order valence-corrected chi connectivity index (χ0v) is 18.9. The Morgan fingerprint density at radius 2 is 1.77 bits per heavy atom. The number of amides is 2. The van der Waals surface area contributed by atoms with E-state index < -0.39 is 6.04 Å². The van der Waals surface area contributed by atoms with E-state index in [-0.39, 0.29) is 24.5 Å². The summed E-state index contributed by atoms with van der Waals surface area (Å²) in [5.74, 6) is 0.399. The standard InChI is InChI=1S/C26H34N2O3/c1-19-14-15-24(20(2)16-19)31-18-25(29)28(17-22-10-6-4-7-11-22)21(3)26(30)27-23-12-8-5-9-13-23/h4,6-7,10-11,14-16,21,23H,5,8-9,12-13,17-18H2,1-3H3,(H,27,30)/t21-/m0/s1. The summed E-state index contributed by atoms with van der Waals surface area (Å²) in [4.78, 5) is 27.7. The second-order valence-corrected chi connectivity index (χ2v) is 8.58. The molecule has 2 amide bonds. The van der Waals surface area contributed by atoms with Crippen molar-refractivity contribution in [3.8, 4) is 5.75 Å². The molecule has 5 nitrogen and oxygen atoms in total. The Labute approximate surface area is 185 Å². The Morgan fingerprint density at radius 3 is 2.45 bits per heavy atom. The van der Waals surface area contributed by atoms with E-state index in [1.807, 2.05) is 62.4 Å². The fourth-order valence-electron chi connectivity index (χ4n) is 4.12. The second-order valence-electron chi connectivity index (χ2n) is 8.58. The lowest BCUT2D eigenvalue weighted by Crippen LogP contribution is -2.51. The minimum absolute atomic E-state index is 0.0947. The SMILES string of the molecule is Cc1ccc(OCC(=O)N(Cc2ccccc2)[C@@H](C)C(=O)NC2CCCCC2)c(C)c1. The summed E-state index contributed by atoms with van der Waals surface area (Å²) in [5, 5.41) is 3.16. The van der Waals surface area contributed by atoms with Crippen molar-refractivity contribution in [2.75, 3.05) is 6.61 Å². The molecule has 5 heteroatoms. The molecule has 0 aliphatic heterocycles. The quantitative estimate of drug-likeness (QED) is 0.679. The fourth-order valence-corrected chi connectivity index (χ4v) is 4.12. The van der Waals surface area contributed by atoms with Crippen LogP contribution < -0.4 is 10.1 Å². The van der Waals surface area contributed by atoms with Crippen molar-refractivity contribution in [1.82, 2.24) is 10.2 Å². The van der Waals surface area contributed by atoms with Crippen LogP contribution in [0.4, 0.5) is 0 Å². The first-order valence-electron chi connectivity index (χ1n) is 11.3. The van der Waals surface area contributed by atoms with Gasteiger partial charge >= 0.3 is 0 Å². The second kappa shape index (κ2) is 11.0. The van der Waals surface area contributed by atoms with Gasteiger partial charge in [-0.25, -0.2) is 0 Å². The lowest BCUT2D eigenvalue weighted by molar-refractivity contribution is -0.142. The van der Waals surface area contributed by atoms with Crippen molar-refractivity contribution < 1.29 is 14.3 Å².